The van der Waals surface area contributed by atoms with Crippen LogP contribution in [0.2, 0.25) is 15.1 Å². The largest absolute Gasteiger partial charge is 0.492 e. The van der Waals surface area contributed by atoms with E-state index in [1.807, 2.05) is 36.4 Å². The van der Waals surface area contributed by atoms with Gasteiger partial charge in [0.1, 0.15) is 36.5 Å². The number of pyridine rings is 1. The van der Waals surface area contributed by atoms with Crippen molar-refractivity contribution in [2.24, 2.45) is 0 Å². The predicted octanol–water partition coefficient (Wildman–Crippen LogP) is 6.41. The van der Waals surface area contributed by atoms with Crippen LogP contribution in [0.3, 0.4) is 0 Å². The Bertz CT molecular complexity index is 1830. The lowest BCUT2D eigenvalue weighted by atomic mass is 10.0. The summed E-state index contributed by atoms with van der Waals surface area (Å²) in [6.07, 6.45) is 4.46. The number of hydrogen-bond acceptors (Lipinski definition) is 10. The summed E-state index contributed by atoms with van der Waals surface area (Å²) in [6, 6.07) is 18.4. The molecule has 0 unspecified atom stereocenters. The highest BCUT2D eigenvalue weighted by Crippen LogP contribution is 2.40. The quantitative estimate of drug-likeness (QED) is 0.0895. The highest BCUT2D eigenvalue weighted by atomic mass is 35.5. The second kappa shape index (κ2) is 18.2. The topological polar surface area (TPSA) is 140 Å². The molecule has 0 amide bonds. The molecule has 1 aliphatic rings. The number of benzene rings is 3. The molecule has 1 aliphatic heterocycles. The van der Waals surface area contributed by atoms with Crippen LogP contribution in [-0.4, -0.2) is 76.3 Å². The van der Waals surface area contributed by atoms with Crippen molar-refractivity contribution in [1.82, 2.24) is 15.2 Å². The zero-order valence-electron chi connectivity index (χ0n) is 28.2. The first kappa shape index (κ1) is 38.6. The highest BCUT2D eigenvalue weighted by molar-refractivity contribution is 6.37. The second-order valence-corrected chi connectivity index (χ2v) is 13.9. The van der Waals surface area contributed by atoms with Crippen LogP contribution in [0.25, 0.3) is 11.1 Å². The van der Waals surface area contributed by atoms with Crippen molar-refractivity contribution in [2.45, 2.75) is 51.2 Å². The molecule has 51 heavy (non-hydrogen) atoms. The summed E-state index contributed by atoms with van der Waals surface area (Å²) in [5.74, 6) is 1.37. The molecule has 4 aromatic rings. The Morgan fingerprint density at radius 1 is 0.922 bits per heavy atom. The van der Waals surface area contributed by atoms with E-state index in [1.165, 1.54) is 6.20 Å². The minimum Gasteiger partial charge on any atom is -0.492 e. The van der Waals surface area contributed by atoms with Crippen LogP contribution in [0.4, 0.5) is 0 Å². The summed E-state index contributed by atoms with van der Waals surface area (Å²) < 4.78 is 18.4. The molecule has 1 aromatic heterocycles. The lowest BCUT2D eigenvalue weighted by molar-refractivity contribution is 0.103. The summed E-state index contributed by atoms with van der Waals surface area (Å²) in [5.41, 5.74) is 2.99. The number of rotatable bonds is 17. The smallest absolute Gasteiger partial charge is 0.142 e. The number of aliphatic hydroxyl groups is 3. The number of nitrogens with one attached hydrogen (secondary N) is 1. The maximum absolute atomic E-state index is 9.77. The van der Waals surface area contributed by atoms with Crippen LogP contribution < -0.4 is 19.5 Å². The summed E-state index contributed by atoms with van der Waals surface area (Å²) in [5, 5.41) is 43.0. The molecule has 5 rings (SSSR count). The highest BCUT2D eigenvalue weighted by Gasteiger charge is 2.23. The maximum atomic E-state index is 9.77. The first-order valence-corrected chi connectivity index (χ1v) is 17.7. The van der Waals surface area contributed by atoms with Gasteiger partial charge in [-0.05, 0) is 38.0 Å². The Balaban J connectivity index is 1.31. The van der Waals surface area contributed by atoms with Crippen molar-refractivity contribution >= 4 is 34.8 Å². The molecule has 0 radical (unpaired) electrons. The lowest BCUT2D eigenvalue weighted by Crippen LogP contribution is -2.48. The van der Waals surface area contributed by atoms with Gasteiger partial charge in [0.25, 0.3) is 0 Å². The molecule has 1 atom stereocenters. The van der Waals surface area contributed by atoms with E-state index in [0.717, 1.165) is 37.1 Å². The molecule has 2 heterocycles. The van der Waals surface area contributed by atoms with Crippen LogP contribution >= 0.6 is 34.8 Å². The Morgan fingerprint density at radius 2 is 1.67 bits per heavy atom. The molecular formula is C38H41Cl3N4O6. The van der Waals surface area contributed by atoms with E-state index >= 15 is 0 Å². The van der Waals surface area contributed by atoms with Crippen LogP contribution in [0, 0.1) is 11.3 Å². The number of aliphatic hydroxyl groups excluding tert-OH is 3. The van der Waals surface area contributed by atoms with E-state index in [4.69, 9.17) is 49.0 Å². The van der Waals surface area contributed by atoms with Gasteiger partial charge in [-0.2, -0.15) is 5.26 Å². The van der Waals surface area contributed by atoms with Gasteiger partial charge < -0.3 is 39.7 Å². The van der Waals surface area contributed by atoms with E-state index < -0.39 is 5.54 Å². The third kappa shape index (κ3) is 10.3. The summed E-state index contributed by atoms with van der Waals surface area (Å²) in [4.78, 5) is 6.33. The fourth-order valence-corrected chi connectivity index (χ4v) is 6.39. The standard InChI is InChI=1S/C38H41Cl3N4O6/c1-38(23-46,24-47)44-19-28-14-32(39)35(15-34(28)50-21-26-13-25(16-42)17-43-18-26)51-22-27-5-2-6-30(36(27)40)31-7-3-8-33(37(31)41)49-12-4-10-45-11-9-29(48)20-45/h2-3,5-8,13-15,17-18,29,44,46-48H,4,9-12,19-24H2,1H3/t29-/m1/s1. The molecule has 4 N–H and O–H groups in total. The Labute approximate surface area is 313 Å². The SMILES string of the molecule is CC(CO)(CO)NCc1cc(Cl)c(OCc2cccc(-c3cccc(OCCCN4CC[C@@H](O)C4)c3Cl)c2Cl)cc1OCc1cncc(C#N)c1. The van der Waals surface area contributed by atoms with Crippen LogP contribution in [0.1, 0.15) is 42.0 Å². The average molecular weight is 756 g/mol. The molecule has 3 aromatic carbocycles. The van der Waals surface area contributed by atoms with E-state index in [0.29, 0.717) is 67.7 Å². The van der Waals surface area contributed by atoms with E-state index in [1.54, 1.807) is 31.3 Å². The number of nitriles is 1. The first-order valence-electron chi connectivity index (χ1n) is 16.6. The maximum Gasteiger partial charge on any atom is 0.142 e. The molecule has 1 saturated heterocycles. The Kier molecular flexibility index (Phi) is 13.8. The summed E-state index contributed by atoms with van der Waals surface area (Å²) in [6.45, 7) is 4.50. The lowest BCUT2D eigenvalue weighted by Gasteiger charge is -2.27. The molecule has 270 valence electrons. The summed E-state index contributed by atoms with van der Waals surface area (Å²) >= 11 is 20.5. The average Bonchev–Trinajstić information content (AvgIpc) is 3.57. The van der Waals surface area contributed by atoms with Gasteiger partial charge in [0.05, 0.1) is 52.1 Å². The number of aromatic nitrogens is 1. The number of β-amino-alcohol motifs (C(OH)–C–C–N with tert-alkyl or cyclic N) is 1. The first-order chi connectivity index (χ1) is 24.6. The van der Waals surface area contributed by atoms with E-state index in [2.05, 4.69) is 21.3 Å². The van der Waals surface area contributed by atoms with Crippen molar-refractivity contribution in [3.8, 4) is 34.4 Å². The van der Waals surface area contributed by atoms with Gasteiger partial charge in [-0.1, -0.05) is 65.1 Å². The summed E-state index contributed by atoms with van der Waals surface area (Å²) in [7, 11) is 0. The molecule has 0 spiro atoms. The predicted molar refractivity (Wildman–Crippen MR) is 198 cm³/mol. The Morgan fingerprint density at radius 3 is 2.39 bits per heavy atom. The number of ether oxygens (including phenoxy) is 3. The third-order valence-electron chi connectivity index (χ3n) is 8.68. The number of nitrogens with zero attached hydrogens (tertiary/aromatic N) is 3. The second-order valence-electron chi connectivity index (χ2n) is 12.7. The van der Waals surface area contributed by atoms with Crippen molar-refractivity contribution in [2.75, 3.05) is 39.5 Å². The fraction of sp³-hybridized carbons (Fsp3) is 0.368. The molecule has 10 nitrogen and oxygen atoms in total. The van der Waals surface area contributed by atoms with Gasteiger partial charge >= 0.3 is 0 Å². The molecule has 0 aliphatic carbocycles. The molecule has 0 saturated carbocycles. The normalized spacial score (nSPS) is 14.7. The molecule has 1 fully saturated rings. The number of likely N-dealkylation sites (tertiary alicyclic amines) is 1. The van der Waals surface area contributed by atoms with Crippen molar-refractivity contribution in [3.05, 3.63) is 104 Å². The van der Waals surface area contributed by atoms with E-state index in [9.17, 15) is 20.6 Å². The number of hydrogen-bond donors (Lipinski definition) is 4. The van der Waals surface area contributed by atoms with Gasteiger partial charge in [-0.3, -0.25) is 4.98 Å². The third-order valence-corrected chi connectivity index (χ3v) is 9.81. The zero-order chi connectivity index (χ0) is 36.4. The molecular weight excluding hydrogens is 715 g/mol. The monoisotopic (exact) mass is 754 g/mol. The van der Waals surface area contributed by atoms with Crippen LogP contribution in [-0.2, 0) is 19.8 Å². The molecule has 13 heteroatoms. The van der Waals surface area contributed by atoms with Gasteiger partial charge in [-0.15, -0.1) is 0 Å². The van der Waals surface area contributed by atoms with Crippen LogP contribution in [0.5, 0.6) is 17.2 Å². The minimum absolute atomic E-state index is 0.0870. The van der Waals surface area contributed by atoms with Crippen LogP contribution in [0.15, 0.2) is 67.0 Å². The van der Waals surface area contributed by atoms with Gasteiger partial charge in [0.2, 0.25) is 0 Å². The van der Waals surface area contributed by atoms with Crippen molar-refractivity contribution in [3.63, 3.8) is 0 Å². The molecule has 0 bridgehead atoms. The van der Waals surface area contributed by atoms with Gasteiger partial charge in [0, 0.05) is 72.5 Å². The Hall–Kier alpha value is -3.63. The zero-order valence-corrected chi connectivity index (χ0v) is 30.5. The van der Waals surface area contributed by atoms with Gasteiger partial charge in [0.15, 0.2) is 0 Å². The fourth-order valence-electron chi connectivity index (χ4n) is 5.59. The van der Waals surface area contributed by atoms with E-state index in [-0.39, 0.29) is 39.1 Å². The van der Waals surface area contributed by atoms with Crippen molar-refractivity contribution in [1.29, 1.82) is 5.26 Å². The van der Waals surface area contributed by atoms with Gasteiger partial charge in [-0.25, -0.2) is 0 Å². The van der Waals surface area contributed by atoms with Crippen molar-refractivity contribution < 1.29 is 29.5 Å². The number of halogens is 3. The minimum atomic E-state index is -0.932.